The number of aryl methyl sites for hydroxylation is 1. The lowest BCUT2D eigenvalue weighted by Gasteiger charge is -2.34. The SMILES string of the molecule is CC[C@H](C)c1ccc(S(=O)(=O)N2CCN(C(=O)c3ccccc3C)CC2)cc1. The molecular weight excluding hydrogens is 372 g/mol. The molecule has 0 spiro atoms. The molecule has 0 aliphatic carbocycles. The number of carbonyl (C=O) groups excluding carboxylic acids is 1. The fourth-order valence-corrected chi connectivity index (χ4v) is 4.89. The lowest BCUT2D eigenvalue weighted by molar-refractivity contribution is 0.0697. The third kappa shape index (κ3) is 4.13. The van der Waals surface area contributed by atoms with Crippen molar-refractivity contribution in [3.63, 3.8) is 0 Å². The van der Waals surface area contributed by atoms with Crippen molar-refractivity contribution in [1.29, 1.82) is 0 Å². The summed E-state index contributed by atoms with van der Waals surface area (Å²) < 4.78 is 27.4. The van der Waals surface area contributed by atoms with Crippen molar-refractivity contribution >= 4 is 15.9 Å². The Balaban J connectivity index is 1.68. The summed E-state index contributed by atoms with van der Waals surface area (Å²) in [5.74, 6) is 0.376. The Morgan fingerprint density at radius 1 is 1.00 bits per heavy atom. The summed E-state index contributed by atoms with van der Waals surface area (Å²) in [6, 6.07) is 14.7. The van der Waals surface area contributed by atoms with Crippen LogP contribution >= 0.6 is 0 Å². The van der Waals surface area contributed by atoms with Crippen molar-refractivity contribution in [2.45, 2.75) is 38.0 Å². The van der Waals surface area contributed by atoms with Gasteiger partial charge in [-0.25, -0.2) is 8.42 Å². The van der Waals surface area contributed by atoms with Crippen molar-refractivity contribution in [2.75, 3.05) is 26.2 Å². The van der Waals surface area contributed by atoms with E-state index >= 15 is 0 Å². The fraction of sp³-hybridized carbons (Fsp3) is 0.409. The number of amides is 1. The van der Waals surface area contributed by atoms with E-state index in [1.807, 2.05) is 43.3 Å². The fourth-order valence-electron chi connectivity index (χ4n) is 3.47. The van der Waals surface area contributed by atoms with Crippen LogP contribution in [0, 0.1) is 6.92 Å². The van der Waals surface area contributed by atoms with Gasteiger partial charge in [0.05, 0.1) is 4.90 Å². The van der Waals surface area contributed by atoms with Crippen LogP contribution in [-0.2, 0) is 10.0 Å². The molecule has 3 rings (SSSR count). The summed E-state index contributed by atoms with van der Waals surface area (Å²) in [6.45, 7) is 7.59. The van der Waals surface area contributed by atoms with E-state index in [1.54, 1.807) is 17.0 Å². The molecule has 0 N–H and O–H groups in total. The number of hydrogen-bond donors (Lipinski definition) is 0. The Morgan fingerprint density at radius 3 is 2.18 bits per heavy atom. The molecule has 0 aromatic heterocycles. The van der Waals surface area contributed by atoms with Gasteiger partial charge in [0, 0.05) is 31.7 Å². The maximum absolute atomic E-state index is 13.0. The molecule has 0 radical (unpaired) electrons. The molecule has 6 heteroatoms. The molecule has 2 aromatic rings. The first-order chi connectivity index (χ1) is 13.3. The lowest BCUT2D eigenvalue weighted by Crippen LogP contribution is -2.50. The second kappa shape index (κ2) is 8.45. The van der Waals surface area contributed by atoms with E-state index in [0.717, 1.165) is 17.5 Å². The Morgan fingerprint density at radius 2 is 1.61 bits per heavy atom. The summed E-state index contributed by atoms with van der Waals surface area (Å²) in [5, 5.41) is 0. The van der Waals surface area contributed by atoms with Gasteiger partial charge in [0.25, 0.3) is 5.91 Å². The average molecular weight is 401 g/mol. The number of nitrogens with zero attached hydrogens (tertiary/aromatic N) is 2. The van der Waals surface area contributed by atoms with Gasteiger partial charge in [0.1, 0.15) is 0 Å². The third-order valence-electron chi connectivity index (χ3n) is 5.60. The lowest BCUT2D eigenvalue weighted by atomic mass is 9.99. The summed E-state index contributed by atoms with van der Waals surface area (Å²) in [4.78, 5) is 14.8. The van der Waals surface area contributed by atoms with E-state index in [1.165, 1.54) is 4.31 Å². The number of piperazine rings is 1. The highest BCUT2D eigenvalue weighted by molar-refractivity contribution is 7.89. The molecule has 0 saturated carbocycles. The molecule has 5 nitrogen and oxygen atoms in total. The zero-order valence-electron chi connectivity index (χ0n) is 16.8. The van der Waals surface area contributed by atoms with Gasteiger partial charge >= 0.3 is 0 Å². The van der Waals surface area contributed by atoms with E-state index in [2.05, 4.69) is 13.8 Å². The highest BCUT2D eigenvalue weighted by Crippen LogP contribution is 2.23. The van der Waals surface area contributed by atoms with Crippen LogP contribution in [0.1, 0.15) is 47.7 Å². The molecule has 1 aliphatic heterocycles. The van der Waals surface area contributed by atoms with Crippen molar-refractivity contribution < 1.29 is 13.2 Å². The molecule has 1 aliphatic rings. The van der Waals surface area contributed by atoms with Crippen LogP contribution in [0.4, 0.5) is 0 Å². The predicted octanol–water partition coefficient (Wildman–Crippen LogP) is 3.66. The highest BCUT2D eigenvalue weighted by Gasteiger charge is 2.30. The molecule has 1 amide bonds. The maximum Gasteiger partial charge on any atom is 0.254 e. The number of benzene rings is 2. The van der Waals surface area contributed by atoms with E-state index in [-0.39, 0.29) is 5.91 Å². The van der Waals surface area contributed by atoms with E-state index < -0.39 is 10.0 Å². The third-order valence-corrected chi connectivity index (χ3v) is 7.51. The standard InChI is InChI=1S/C22H28N2O3S/c1-4-17(2)19-9-11-20(12-10-19)28(26,27)24-15-13-23(14-16-24)22(25)21-8-6-5-7-18(21)3/h5-12,17H,4,13-16H2,1-3H3/t17-/m0/s1. The number of carbonyl (C=O) groups is 1. The van der Waals surface area contributed by atoms with Crippen molar-refractivity contribution in [3.05, 3.63) is 65.2 Å². The Labute approximate surface area is 168 Å². The molecule has 2 aromatic carbocycles. The zero-order chi connectivity index (χ0) is 20.3. The van der Waals surface area contributed by atoms with Gasteiger partial charge in [-0.1, -0.05) is 44.2 Å². The molecule has 0 unspecified atom stereocenters. The first-order valence-corrected chi connectivity index (χ1v) is 11.2. The molecular formula is C22H28N2O3S. The van der Waals surface area contributed by atoms with Gasteiger partial charge in [-0.05, 0) is 48.6 Å². The molecule has 0 bridgehead atoms. The van der Waals surface area contributed by atoms with Crippen molar-refractivity contribution in [1.82, 2.24) is 9.21 Å². The summed E-state index contributed by atoms with van der Waals surface area (Å²) >= 11 is 0. The minimum atomic E-state index is -3.54. The second-order valence-corrected chi connectivity index (χ2v) is 9.33. The first-order valence-electron chi connectivity index (χ1n) is 9.79. The Bertz CT molecular complexity index is 931. The topological polar surface area (TPSA) is 57.7 Å². The van der Waals surface area contributed by atoms with Gasteiger partial charge in [0.2, 0.25) is 10.0 Å². The number of rotatable bonds is 5. The van der Waals surface area contributed by atoms with Crippen LogP contribution in [0.15, 0.2) is 53.4 Å². The van der Waals surface area contributed by atoms with Gasteiger partial charge in [-0.15, -0.1) is 0 Å². The van der Waals surface area contributed by atoms with Gasteiger partial charge in [0.15, 0.2) is 0 Å². The first kappa shape index (κ1) is 20.6. The Kier molecular flexibility index (Phi) is 6.20. The van der Waals surface area contributed by atoms with Crippen LogP contribution in [0.25, 0.3) is 0 Å². The minimum Gasteiger partial charge on any atom is -0.336 e. The smallest absolute Gasteiger partial charge is 0.254 e. The van der Waals surface area contributed by atoms with Crippen LogP contribution in [0.3, 0.4) is 0 Å². The monoisotopic (exact) mass is 400 g/mol. The summed E-state index contributed by atoms with van der Waals surface area (Å²) in [6.07, 6.45) is 1.02. The van der Waals surface area contributed by atoms with E-state index in [9.17, 15) is 13.2 Å². The maximum atomic E-state index is 13.0. The molecule has 1 saturated heterocycles. The van der Waals surface area contributed by atoms with Crippen LogP contribution in [0.2, 0.25) is 0 Å². The largest absolute Gasteiger partial charge is 0.336 e. The van der Waals surface area contributed by atoms with Crippen molar-refractivity contribution in [2.24, 2.45) is 0 Å². The van der Waals surface area contributed by atoms with Crippen LogP contribution in [0.5, 0.6) is 0 Å². The Hall–Kier alpha value is -2.18. The zero-order valence-corrected chi connectivity index (χ0v) is 17.6. The van der Waals surface area contributed by atoms with Gasteiger partial charge in [-0.2, -0.15) is 4.31 Å². The molecule has 28 heavy (non-hydrogen) atoms. The second-order valence-electron chi connectivity index (χ2n) is 7.39. The quantitative estimate of drug-likeness (QED) is 0.770. The summed E-state index contributed by atoms with van der Waals surface area (Å²) in [7, 11) is -3.54. The van der Waals surface area contributed by atoms with E-state index in [0.29, 0.717) is 42.6 Å². The average Bonchev–Trinajstić information content (AvgIpc) is 2.73. The normalized spacial score (nSPS) is 16.8. The highest BCUT2D eigenvalue weighted by atomic mass is 32.2. The molecule has 1 atom stereocenters. The number of sulfonamides is 1. The van der Waals surface area contributed by atoms with Crippen LogP contribution < -0.4 is 0 Å². The van der Waals surface area contributed by atoms with Gasteiger partial charge < -0.3 is 4.90 Å². The van der Waals surface area contributed by atoms with Crippen LogP contribution in [-0.4, -0.2) is 49.7 Å². The number of hydrogen-bond acceptors (Lipinski definition) is 3. The summed E-state index contributed by atoms with van der Waals surface area (Å²) in [5.41, 5.74) is 2.76. The van der Waals surface area contributed by atoms with Gasteiger partial charge in [-0.3, -0.25) is 4.79 Å². The van der Waals surface area contributed by atoms with E-state index in [4.69, 9.17) is 0 Å². The predicted molar refractivity (Wildman–Crippen MR) is 111 cm³/mol. The molecule has 1 heterocycles. The molecule has 1 fully saturated rings. The van der Waals surface area contributed by atoms with Crippen molar-refractivity contribution in [3.8, 4) is 0 Å². The minimum absolute atomic E-state index is 0.0342. The molecule has 150 valence electrons.